The third-order valence-corrected chi connectivity index (χ3v) is 3.67. The summed E-state index contributed by atoms with van der Waals surface area (Å²) in [6.07, 6.45) is 6.30. The van der Waals surface area contributed by atoms with Crippen LogP contribution in [0.3, 0.4) is 0 Å². The van der Waals surface area contributed by atoms with Crippen LogP contribution in [-0.4, -0.2) is 13.1 Å². The molecule has 2 rings (SSSR count). The molecular weight excluding hydrogens is 201 g/mol. The van der Waals surface area contributed by atoms with Gasteiger partial charge in [-0.25, -0.2) is 4.39 Å². The van der Waals surface area contributed by atoms with Gasteiger partial charge in [0.15, 0.2) is 0 Å². The molecule has 2 heteroatoms. The summed E-state index contributed by atoms with van der Waals surface area (Å²) in [7, 11) is 2.04. The van der Waals surface area contributed by atoms with E-state index in [1.807, 2.05) is 19.2 Å². The average molecular weight is 221 g/mol. The highest BCUT2D eigenvalue weighted by Crippen LogP contribution is 2.31. The molecule has 1 saturated carbocycles. The number of hydrogen-bond acceptors (Lipinski definition) is 1. The first-order valence-electron chi connectivity index (χ1n) is 6.22. The van der Waals surface area contributed by atoms with Gasteiger partial charge in [0, 0.05) is 6.04 Å². The fourth-order valence-corrected chi connectivity index (χ4v) is 2.66. The van der Waals surface area contributed by atoms with Crippen LogP contribution in [-0.2, 0) is 0 Å². The lowest BCUT2D eigenvalue weighted by Gasteiger charge is -2.19. The maximum atomic E-state index is 12.9. The Balaban J connectivity index is 2.09. The first-order chi connectivity index (χ1) is 7.79. The molecule has 0 bridgehead atoms. The van der Waals surface area contributed by atoms with E-state index in [4.69, 9.17) is 0 Å². The van der Waals surface area contributed by atoms with E-state index in [1.54, 1.807) is 12.1 Å². The zero-order valence-electron chi connectivity index (χ0n) is 9.88. The molecule has 0 radical (unpaired) electrons. The quantitative estimate of drug-likeness (QED) is 0.754. The fourth-order valence-electron chi connectivity index (χ4n) is 2.66. The molecule has 16 heavy (non-hydrogen) atoms. The van der Waals surface area contributed by atoms with Gasteiger partial charge >= 0.3 is 0 Å². The van der Waals surface area contributed by atoms with E-state index in [-0.39, 0.29) is 5.82 Å². The van der Waals surface area contributed by atoms with E-state index < -0.39 is 0 Å². The Labute approximate surface area is 97.1 Å². The molecule has 0 saturated heterocycles. The van der Waals surface area contributed by atoms with Gasteiger partial charge in [-0.2, -0.15) is 0 Å². The molecule has 0 amide bonds. The van der Waals surface area contributed by atoms with Crippen LogP contribution in [0.15, 0.2) is 24.3 Å². The van der Waals surface area contributed by atoms with Gasteiger partial charge in [0.25, 0.3) is 0 Å². The van der Waals surface area contributed by atoms with Crippen molar-refractivity contribution in [1.82, 2.24) is 5.32 Å². The Kier molecular flexibility index (Phi) is 3.94. The van der Waals surface area contributed by atoms with Gasteiger partial charge in [-0.1, -0.05) is 25.0 Å². The summed E-state index contributed by atoms with van der Waals surface area (Å²) in [6.45, 7) is 0. The van der Waals surface area contributed by atoms with Gasteiger partial charge in [-0.15, -0.1) is 0 Å². The summed E-state index contributed by atoms with van der Waals surface area (Å²) >= 11 is 0. The number of halogens is 1. The number of benzene rings is 1. The molecule has 0 aromatic heterocycles. The number of nitrogens with one attached hydrogen (secondary N) is 1. The second-order valence-corrected chi connectivity index (χ2v) is 4.75. The minimum atomic E-state index is -0.137. The molecule has 1 aromatic rings. The highest BCUT2D eigenvalue weighted by molar-refractivity contribution is 5.21. The van der Waals surface area contributed by atoms with E-state index >= 15 is 0 Å². The second-order valence-electron chi connectivity index (χ2n) is 4.75. The van der Waals surface area contributed by atoms with Crippen molar-refractivity contribution >= 4 is 0 Å². The van der Waals surface area contributed by atoms with Gasteiger partial charge in [-0.05, 0) is 49.9 Å². The van der Waals surface area contributed by atoms with Crippen LogP contribution in [0.4, 0.5) is 4.39 Å². The summed E-state index contributed by atoms with van der Waals surface area (Å²) in [4.78, 5) is 0. The zero-order valence-corrected chi connectivity index (χ0v) is 9.88. The maximum absolute atomic E-state index is 12.9. The summed E-state index contributed by atoms with van der Waals surface area (Å²) < 4.78 is 12.9. The molecule has 1 fully saturated rings. The van der Waals surface area contributed by atoms with E-state index in [1.165, 1.54) is 37.7 Å². The first-order valence-corrected chi connectivity index (χ1v) is 6.22. The topological polar surface area (TPSA) is 12.0 Å². The third kappa shape index (κ3) is 2.82. The van der Waals surface area contributed by atoms with Crippen molar-refractivity contribution < 1.29 is 4.39 Å². The summed E-state index contributed by atoms with van der Waals surface area (Å²) in [6, 6.07) is 7.66. The third-order valence-electron chi connectivity index (χ3n) is 3.67. The molecule has 1 nitrogen and oxygen atoms in total. The fraction of sp³-hybridized carbons (Fsp3) is 0.571. The Morgan fingerprint density at radius 3 is 2.50 bits per heavy atom. The van der Waals surface area contributed by atoms with Crippen LogP contribution in [0.25, 0.3) is 0 Å². The van der Waals surface area contributed by atoms with Gasteiger partial charge in [-0.3, -0.25) is 0 Å². The number of hydrogen-bond donors (Lipinski definition) is 1. The van der Waals surface area contributed by atoms with Crippen molar-refractivity contribution in [2.45, 2.75) is 44.1 Å². The lowest BCUT2D eigenvalue weighted by Crippen LogP contribution is -2.25. The van der Waals surface area contributed by atoms with E-state index in [0.717, 1.165) is 0 Å². The lowest BCUT2D eigenvalue weighted by atomic mass is 9.90. The minimum absolute atomic E-state index is 0.137. The minimum Gasteiger partial charge on any atom is -0.317 e. The van der Waals surface area contributed by atoms with E-state index in [0.29, 0.717) is 12.0 Å². The molecule has 1 aliphatic carbocycles. The molecule has 1 aliphatic rings. The standard InChI is InChI=1S/C14H20FN/c1-16-14-5-3-2-4-12(10-14)11-6-8-13(15)9-7-11/h6-9,12,14,16H,2-5,10H2,1H3. The Morgan fingerprint density at radius 2 is 1.81 bits per heavy atom. The average Bonchev–Trinajstić information content (AvgIpc) is 2.55. The predicted octanol–water partition coefficient (Wildman–Crippen LogP) is 3.46. The van der Waals surface area contributed by atoms with Crippen LogP contribution in [0.2, 0.25) is 0 Å². The Morgan fingerprint density at radius 1 is 1.12 bits per heavy atom. The van der Waals surface area contributed by atoms with Crippen molar-refractivity contribution in [2.24, 2.45) is 0 Å². The molecule has 88 valence electrons. The summed E-state index contributed by atoms with van der Waals surface area (Å²) in [5.41, 5.74) is 1.29. The molecule has 0 heterocycles. The summed E-state index contributed by atoms with van der Waals surface area (Å²) in [5, 5.41) is 3.38. The van der Waals surface area contributed by atoms with Gasteiger partial charge in [0.2, 0.25) is 0 Å². The van der Waals surface area contributed by atoms with E-state index in [2.05, 4.69) is 5.32 Å². The molecule has 2 unspecified atom stereocenters. The molecule has 0 spiro atoms. The van der Waals surface area contributed by atoms with E-state index in [9.17, 15) is 4.39 Å². The van der Waals surface area contributed by atoms with Crippen LogP contribution in [0.5, 0.6) is 0 Å². The first kappa shape index (κ1) is 11.6. The smallest absolute Gasteiger partial charge is 0.123 e. The molecule has 2 atom stereocenters. The van der Waals surface area contributed by atoms with Gasteiger partial charge in [0.1, 0.15) is 5.82 Å². The highest BCUT2D eigenvalue weighted by atomic mass is 19.1. The van der Waals surface area contributed by atoms with Gasteiger partial charge < -0.3 is 5.32 Å². The Bertz CT molecular complexity index is 320. The van der Waals surface area contributed by atoms with Crippen molar-refractivity contribution in [3.8, 4) is 0 Å². The predicted molar refractivity (Wildman–Crippen MR) is 65.1 cm³/mol. The summed E-state index contributed by atoms with van der Waals surface area (Å²) in [5.74, 6) is 0.461. The molecule has 0 aliphatic heterocycles. The second kappa shape index (κ2) is 5.44. The van der Waals surface area contributed by atoms with Crippen molar-refractivity contribution in [1.29, 1.82) is 0 Å². The van der Waals surface area contributed by atoms with Crippen molar-refractivity contribution in [3.05, 3.63) is 35.6 Å². The molecular formula is C14H20FN. The van der Waals surface area contributed by atoms with Crippen molar-refractivity contribution in [3.63, 3.8) is 0 Å². The monoisotopic (exact) mass is 221 g/mol. The maximum Gasteiger partial charge on any atom is 0.123 e. The van der Waals surface area contributed by atoms with Crippen LogP contribution in [0, 0.1) is 5.82 Å². The largest absolute Gasteiger partial charge is 0.317 e. The van der Waals surface area contributed by atoms with Crippen LogP contribution >= 0.6 is 0 Å². The van der Waals surface area contributed by atoms with Gasteiger partial charge in [0.05, 0.1) is 0 Å². The highest BCUT2D eigenvalue weighted by Gasteiger charge is 2.20. The SMILES string of the molecule is CNC1CCCCC(c2ccc(F)cc2)C1. The zero-order chi connectivity index (χ0) is 11.4. The molecule has 1 aromatic carbocycles. The number of rotatable bonds is 2. The lowest BCUT2D eigenvalue weighted by molar-refractivity contribution is 0.471. The van der Waals surface area contributed by atoms with Crippen molar-refractivity contribution in [2.75, 3.05) is 7.05 Å². The Hall–Kier alpha value is -0.890. The van der Waals surface area contributed by atoms with Crippen LogP contribution in [0.1, 0.15) is 43.6 Å². The van der Waals surface area contributed by atoms with Crippen LogP contribution < -0.4 is 5.32 Å². The normalized spacial score (nSPS) is 26.4. The molecule has 1 N–H and O–H groups in total.